The summed E-state index contributed by atoms with van der Waals surface area (Å²) in [5.41, 5.74) is 3.26. The molecular formula is C25H22O3. The number of ketones is 1. The van der Waals surface area contributed by atoms with Gasteiger partial charge in [-0.2, -0.15) is 0 Å². The van der Waals surface area contributed by atoms with Crippen LogP contribution in [0.3, 0.4) is 0 Å². The third kappa shape index (κ3) is 5.04. The summed E-state index contributed by atoms with van der Waals surface area (Å²) < 4.78 is 5.33. The fourth-order valence-electron chi connectivity index (χ4n) is 2.69. The predicted octanol–water partition coefficient (Wildman–Crippen LogP) is 5.93. The molecule has 0 saturated heterocycles. The zero-order valence-electron chi connectivity index (χ0n) is 16.0. The molecule has 140 valence electrons. The molecule has 0 radical (unpaired) electrons. The van der Waals surface area contributed by atoms with E-state index in [1.54, 1.807) is 60.7 Å². The highest BCUT2D eigenvalue weighted by molar-refractivity contribution is 6.06. The fourth-order valence-corrected chi connectivity index (χ4v) is 2.69. The third-order valence-corrected chi connectivity index (χ3v) is 4.39. The summed E-state index contributed by atoms with van der Waals surface area (Å²) in [7, 11) is 0. The average Bonchev–Trinajstić information content (AvgIpc) is 2.73. The van der Waals surface area contributed by atoms with Gasteiger partial charge in [0.15, 0.2) is 5.78 Å². The van der Waals surface area contributed by atoms with E-state index in [2.05, 4.69) is 26.0 Å². The van der Waals surface area contributed by atoms with Crippen molar-refractivity contribution in [1.29, 1.82) is 0 Å². The van der Waals surface area contributed by atoms with Crippen LogP contribution in [0.4, 0.5) is 0 Å². The molecule has 0 saturated carbocycles. The van der Waals surface area contributed by atoms with Gasteiger partial charge in [0.05, 0.1) is 5.56 Å². The van der Waals surface area contributed by atoms with E-state index in [1.807, 2.05) is 18.2 Å². The van der Waals surface area contributed by atoms with Crippen molar-refractivity contribution in [2.75, 3.05) is 0 Å². The van der Waals surface area contributed by atoms with Crippen LogP contribution < -0.4 is 4.74 Å². The molecule has 0 aliphatic rings. The topological polar surface area (TPSA) is 43.4 Å². The van der Waals surface area contributed by atoms with Gasteiger partial charge in [-0.05, 0) is 59.5 Å². The molecule has 0 amide bonds. The lowest BCUT2D eigenvalue weighted by atomic mass is 10.0. The molecule has 0 aliphatic heterocycles. The summed E-state index contributed by atoms with van der Waals surface area (Å²) in [6, 6.07) is 23.5. The highest BCUT2D eigenvalue weighted by Crippen LogP contribution is 2.17. The van der Waals surface area contributed by atoms with Gasteiger partial charge in [-0.15, -0.1) is 0 Å². The van der Waals surface area contributed by atoms with E-state index in [-0.39, 0.29) is 5.78 Å². The van der Waals surface area contributed by atoms with Crippen LogP contribution in [0, 0.1) is 0 Å². The molecule has 0 N–H and O–H groups in total. The highest BCUT2D eigenvalue weighted by atomic mass is 16.5. The van der Waals surface area contributed by atoms with E-state index in [0.29, 0.717) is 22.8 Å². The number of allylic oxidation sites excluding steroid dienone is 1. The fraction of sp³-hybridized carbons (Fsp3) is 0.120. The molecule has 0 aliphatic carbocycles. The third-order valence-electron chi connectivity index (χ3n) is 4.39. The normalized spacial score (nSPS) is 11.0. The number of esters is 1. The number of carbonyl (C=O) groups is 2. The molecule has 3 aromatic rings. The Labute approximate surface area is 165 Å². The SMILES string of the molecule is CC(C)c1ccc(/C=C/C(=O)c2ccc(OC(=O)c3ccccc3)cc2)cc1. The molecule has 0 unspecified atom stereocenters. The van der Waals surface area contributed by atoms with E-state index in [4.69, 9.17) is 4.74 Å². The first-order valence-electron chi connectivity index (χ1n) is 9.22. The first-order chi connectivity index (χ1) is 13.5. The van der Waals surface area contributed by atoms with Crippen molar-refractivity contribution in [2.24, 2.45) is 0 Å². The Morgan fingerprint density at radius 2 is 1.43 bits per heavy atom. The monoisotopic (exact) mass is 370 g/mol. The smallest absolute Gasteiger partial charge is 0.343 e. The van der Waals surface area contributed by atoms with Crippen LogP contribution in [0.5, 0.6) is 5.75 Å². The molecule has 0 atom stereocenters. The lowest BCUT2D eigenvalue weighted by Crippen LogP contribution is -2.08. The number of hydrogen-bond donors (Lipinski definition) is 0. The van der Waals surface area contributed by atoms with Gasteiger partial charge in [0.1, 0.15) is 5.75 Å². The van der Waals surface area contributed by atoms with E-state index >= 15 is 0 Å². The van der Waals surface area contributed by atoms with Crippen molar-refractivity contribution in [3.05, 3.63) is 107 Å². The Morgan fingerprint density at radius 1 is 0.786 bits per heavy atom. The summed E-state index contributed by atoms with van der Waals surface area (Å²) in [5.74, 6) is 0.353. The van der Waals surface area contributed by atoms with Crippen molar-refractivity contribution in [3.63, 3.8) is 0 Å². The second kappa shape index (κ2) is 8.96. The zero-order chi connectivity index (χ0) is 19.9. The van der Waals surface area contributed by atoms with Gasteiger partial charge in [-0.1, -0.05) is 62.4 Å². The Bertz CT molecular complexity index is 967. The van der Waals surface area contributed by atoms with Crippen molar-refractivity contribution >= 4 is 17.8 Å². The lowest BCUT2D eigenvalue weighted by Gasteiger charge is -2.05. The van der Waals surface area contributed by atoms with E-state index in [1.165, 1.54) is 5.56 Å². The van der Waals surface area contributed by atoms with Gasteiger partial charge in [0.2, 0.25) is 0 Å². The Hall–Kier alpha value is -3.46. The summed E-state index contributed by atoms with van der Waals surface area (Å²) in [5, 5.41) is 0. The van der Waals surface area contributed by atoms with Crippen LogP contribution >= 0.6 is 0 Å². The minimum Gasteiger partial charge on any atom is -0.423 e. The van der Waals surface area contributed by atoms with Gasteiger partial charge < -0.3 is 4.74 Å². The molecule has 3 heteroatoms. The predicted molar refractivity (Wildman–Crippen MR) is 112 cm³/mol. The van der Waals surface area contributed by atoms with Crippen LogP contribution in [0.1, 0.15) is 51.6 Å². The van der Waals surface area contributed by atoms with E-state index in [9.17, 15) is 9.59 Å². The number of rotatable bonds is 6. The van der Waals surface area contributed by atoms with Gasteiger partial charge in [0.25, 0.3) is 0 Å². The standard InChI is InChI=1S/C25H22O3/c1-18(2)20-11-8-19(9-12-20)10-17-24(26)21-13-15-23(16-14-21)28-25(27)22-6-4-3-5-7-22/h3-18H,1-2H3/b17-10+. The van der Waals surface area contributed by atoms with Crippen molar-refractivity contribution < 1.29 is 14.3 Å². The number of carbonyl (C=O) groups excluding carboxylic acids is 2. The quantitative estimate of drug-likeness (QED) is 0.234. The van der Waals surface area contributed by atoms with Gasteiger partial charge >= 0.3 is 5.97 Å². The maximum absolute atomic E-state index is 12.4. The Kier molecular flexibility index (Phi) is 6.18. The van der Waals surface area contributed by atoms with Gasteiger partial charge in [-0.3, -0.25) is 4.79 Å². The molecule has 0 fully saturated rings. The first kappa shape index (κ1) is 19.3. The van der Waals surface area contributed by atoms with Crippen LogP contribution in [0.15, 0.2) is 84.9 Å². The molecule has 0 aromatic heterocycles. The molecule has 3 nitrogen and oxygen atoms in total. The number of benzene rings is 3. The van der Waals surface area contributed by atoms with E-state index in [0.717, 1.165) is 5.56 Å². The minimum absolute atomic E-state index is 0.103. The molecule has 0 bridgehead atoms. The van der Waals surface area contributed by atoms with Crippen LogP contribution in [0.2, 0.25) is 0 Å². The molecule has 0 spiro atoms. The molecule has 28 heavy (non-hydrogen) atoms. The van der Waals surface area contributed by atoms with Crippen molar-refractivity contribution in [2.45, 2.75) is 19.8 Å². The maximum Gasteiger partial charge on any atom is 0.343 e. The largest absolute Gasteiger partial charge is 0.423 e. The van der Waals surface area contributed by atoms with Crippen molar-refractivity contribution in [3.8, 4) is 5.75 Å². The van der Waals surface area contributed by atoms with Crippen LogP contribution in [0.25, 0.3) is 6.08 Å². The zero-order valence-corrected chi connectivity index (χ0v) is 16.0. The summed E-state index contributed by atoms with van der Waals surface area (Å²) in [4.78, 5) is 24.4. The Morgan fingerprint density at radius 3 is 2.04 bits per heavy atom. The van der Waals surface area contributed by atoms with Crippen LogP contribution in [-0.2, 0) is 0 Å². The highest BCUT2D eigenvalue weighted by Gasteiger charge is 2.08. The van der Waals surface area contributed by atoms with E-state index < -0.39 is 5.97 Å². The van der Waals surface area contributed by atoms with Gasteiger partial charge in [0, 0.05) is 5.56 Å². The first-order valence-corrected chi connectivity index (χ1v) is 9.22. The summed E-state index contributed by atoms with van der Waals surface area (Å²) >= 11 is 0. The van der Waals surface area contributed by atoms with Crippen LogP contribution in [-0.4, -0.2) is 11.8 Å². The molecule has 3 aromatic carbocycles. The molecule has 3 rings (SSSR count). The average molecular weight is 370 g/mol. The summed E-state index contributed by atoms with van der Waals surface area (Å²) in [6.07, 6.45) is 3.35. The minimum atomic E-state index is -0.426. The Balaban J connectivity index is 1.62. The molecular weight excluding hydrogens is 348 g/mol. The lowest BCUT2D eigenvalue weighted by molar-refractivity contribution is 0.0734. The van der Waals surface area contributed by atoms with Crippen molar-refractivity contribution in [1.82, 2.24) is 0 Å². The second-order valence-corrected chi connectivity index (χ2v) is 6.80. The second-order valence-electron chi connectivity index (χ2n) is 6.80. The number of ether oxygens (including phenoxy) is 1. The summed E-state index contributed by atoms with van der Waals surface area (Å²) in [6.45, 7) is 4.30. The maximum atomic E-state index is 12.4. The molecule has 0 heterocycles. The van der Waals surface area contributed by atoms with Gasteiger partial charge in [-0.25, -0.2) is 4.79 Å². The number of hydrogen-bond acceptors (Lipinski definition) is 3.